The maximum absolute atomic E-state index is 12.1. The molecule has 0 aliphatic rings. The molecule has 0 radical (unpaired) electrons. The molecular formula is C11H15NO6S2. The fourth-order valence-electron chi connectivity index (χ4n) is 1.38. The van der Waals surface area contributed by atoms with E-state index in [1.54, 1.807) is 17.7 Å². The third-order valence-electron chi connectivity index (χ3n) is 2.78. The Morgan fingerprint density at radius 3 is 2.20 bits per heavy atom. The number of hydrogen-bond acceptors (Lipinski definition) is 5. The van der Waals surface area contributed by atoms with Crippen LogP contribution >= 0.6 is 0 Å². The highest BCUT2D eigenvalue weighted by Gasteiger charge is 2.47. The molecular weight excluding hydrogens is 306 g/mol. The summed E-state index contributed by atoms with van der Waals surface area (Å²) in [7, 11) is -8.48. The van der Waals surface area contributed by atoms with Gasteiger partial charge in [0.2, 0.25) is 14.9 Å². The summed E-state index contributed by atoms with van der Waals surface area (Å²) < 4.78 is 49.1. The lowest BCUT2D eigenvalue weighted by molar-refractivity contribution is -0.140. The molecule has 0 saturated heterocycles. The van der Waals surface area contributed by atoms with Gasteiger partial charge < -0.3 is 5.11 Å². The highest BCUT2D eigenvalue weighted by molar-refractivity contribution is 7.95. The topological polar surface area (TPSA) is 118 Å². The van der Waals surface area contributed by atoms with Crippen LogP contribution in [0.2, 0.25) is 0 Å². The Kier molecular flexibility index (Phi) is 4.28. The lowest BCUT2D eigenvalue weighted by Gasteiger charge is -2.23. The maximum Gasteiger partial charge on any atom is 0.340 e. The fraction of sp³-hybridized carbons (Fsp3) is 0.364. The smallest absolute Gasteiger partial charge is 0.340 e. The molecule has 1 aromatic rings. The minimum atomic E-state index is -4.28. The first kappa shape index (κ1) is 16.6. The van der Waals surface area contributed by atoms with Crippen LogP contribution in [0.3, 0.4) is 0 Å². The van der Waals surface area contributed by atoms with E-state index in [0.29, 0.717) is 11.8 Å². The van der Waals surface area contributed by atoms with Crippen LogP contribution < -0.4 is 4.72 Å². The van der Waals surface area contributed by atoms with E-state index in [0.717, 1.165) is 6.92 Å². The molecule has 0 heterocycles. The van der Waals surface area contributed by atoms with Crippen molar-refractivity contribution in [3.8, 4) is 0 Å². The highest BCUT2D eigenvalue weighted by atomic mass is 32.2. The number of carboxylic acids is 1. The van der Waals surface area contributed by atoms with Crippen LogP contribution in [0.15, 0.2) is 29.2 Å². The second-order valence-electron chi connectivity index (χ2n) is 4.53. The Morgan fingerprint density at radius 1 is 1.25 bits per heavy atom. The zero-order valence-electron chi connectivity index (χ0n) is 11.1. The normalized spacial score (nSPS) is 15.6. The number of aryl methyl sites for hydroxylation is 1. The molecule has 1 unspecified atom stereocenters. The van der Waals surface area contributed by atoms with Crippen molar-refractivity contribution in [1.82, 2.24) is 4.72 Å². The van der Waals surface area contributed by atoms with Crippen molar-refractivity contribution in [3.05, 3.63) is 29.8 Å². The Balaban J connectivity index is 3.35. The Hall–Kier alpha value is -1.45. The predicted molar refractivity (Wildman–Crippen MR) is 72.4 cm³/mol. The van der Waals surface area contributed by atoms with Crippen molar-refractivity contribution in [2.24, 2.45) is 0 Å². The monoisotopic (exact) mass is 321 g/mol. The first-order valence-electron chi connectivity index (χ1n) is 5.44. The van der Waals surface area contributed by atoms with Gasteiger partial charge in [-0.1, -0.05) is 12.1 Å². The molecule has 1 aromatic carbocycles. The number of rotatable bonds is 5. The molecule has 112 valence electrons. The molecule has 0 aliphatic carbocycles. The van der Waals surface area contributed by atoms with Gasteiger partial charge in [0.1, 0.15) is 0 Å². The molecule has 0 spiro atoms. The van der Waals surface area contributed by atoms with E-state index >= 15 is 0 Å². The van der Waals surface area contributed by atoms with Crippen LogP contribution in [0.5, 0.6) is 0 Å². The molecule has 0 aliphatic heterocycles. The van der Waals surface area contributed by atoms with E-state index in [4.69, 9.17) is 5.11 Å². The number of carbonyl (C=O) groups is 1. The van der Waals surface area contributed by atoms with E-state index in [-0.39, 0.29) is 4.90 Å². The Labute approximate surface area is 117 Å². The average Bonchev–Trinajstić information content (AvgIpc) is 2.26. The zero-order chi connectivity index (χ0) is 15.8. The van der Waals surface area contributed by atoms with E-state index in [1.807, 2.05) is 0 Å². The summed E-state index contributed by atoms with van der Waals surface area (Å²) in [5.74, 6) is -1.80. The van der Waals surface area contributed by atoms with Crippen LogP contribution in [0.4, 0.5) is 0 Å². The second kappa shape index (κ2) is 5.15. The van der Waals surface area contributed by atoms with Gasteiger partial charge in [-0.25, -0.2) is 21.6 Å². The molecule has 1 atom stereocenters. The summed E-state index contributed by atoms with van der Waals surface area (Å²) in [5, 5.41) is 9.03. The number of hydrogen-bond donors (Lipinski definition) is 2. The highest BCUT2D eigenvalue weighted by Crippen LogP contribution is 2.19. The summed E-state index contributed by atoms with van der Waals surface area (Å²) >= 11 is 0. The number of aliphatic carboxylic acids is 1. The van der Waals surface area contributed by atoms with Crippen LogP contribution in [0.1, 0.15) is 12.5 Å². The van der Waals surface area contributed by atoms with Gasteiger partial charge in [0.15, 0.2) is 9.84 Å². The van der Waals surface area contributed by atoms with Gasteiger partial charge in [-0.3, -0.25) is 0 Å². The van der Waals surface area contributed by atoms with Crippen molar-refractivity contribution in [3.63, 3.8) is 0 Å². The third-order valence-corrected chi connectivity index (χ3v) is 6.22. The van der Waals surface area contributed by atoms with Gasteiger partial charge in [0, 0.05) is 6.26 Å². The molecule has 2 N–H and O–H groups in total. The molecule has 0 aromatic heterocycles. The van der Waals surface area contributed by atoms with Crippen molar-refractivity contribution in [2.75, 3.05) is 6.26 Å². The fourth-order valence-corrected chi connectivity index (χ4v) is 3.94. The van der Waals surface area contributed by atoms with Gasteiger partial charge in [0.05, 0.1) is 4.90 Å². The molecule has 0 bridgehead atoms. The number of sulfonamides is 1. The zero-order valence-corrected chi connectivity index (χ0v) is 12.7. The molecule has 9 heteroatoms. The number of carboxylic acid groups (broad SMARTS) is 1. The summed E-state index contributed by atoms with van der Waals surface area (Å²) in [6.07, 6.45) is 0.653. The summed E-state index contributed by atoms with van der Waals surface area (Å²) in [6, 6.07) is 5.70. The van der Waals surface area contributed by atoms with Crippen molar-refractivity contribution >= 4 is 25.8 Å². The number of nitrogens with one attached hydrogen (secondary N) is 1. The lowest BCUT2D eigenvalue weighted by atomic mass is 10.2. The van der Waals surface area contributed by atoms with Gasteiger partial charge in [-0.15, -0.1) is 0 Å². The van der Waals surface area contributed by atoms with Gasteiger partial charge in [0.25, 0.3) is 0 Å². The summed E-state index contributed by atoms with van der Waals surface area (Å²) in [4.78, 5) is 8.31. The summed E-state index contributed by atoms with van der Waals surface area (Å²) in [5.41, 5.74) is 0.643. The minimum Gasteiger partial charge on any atom is -0.479 e. The molecule has 0 saturated carbocycles. The Bertz CT molecular complexity index is 738. The van der Waals surface area contributed by atoms with Crippen molar-refractivity contribution in [2.45, 2.75) is 23.6 Å². The SMILES string of the molecule is Cc1cccc(S(=O)(=O)NC(C)(C(=O)O)S(C)(=O)=O)c1. The van der Waals surface area contributed by atoms with Gasteiger partial charge >= 0.3 is 5.97 Å². The largest absolute Gasteiger partial charge is 0.479 e. The molecule has 7 nitrogen and oxygen atoms in total. The second-order valence-corrected chi connectivity index (χ2v) is 8.58. The van der Waals surface area contributed by atoms with Crippen LogP contribution in [-0.4, -0.2) is 39.0 Å². The van der Waals surface area contributed by atoms with E-state index in [9.17, 15) is 21.6 Å². The van der Waals surface area contributed by atoms with E-state index < -0.39 is 30.7 Å². The lowest BCUT2D eigenvalue weighted by Crippen LogP contribution is -2.57. The van der Waals surface area contributed by atoms with E-state index in [1.165, 1.54) is 18.2 Å². The van der Waals surface area contributed by atoms with Crippen LogP contribution in [0, 0.1) is 6.92 Å². The molecule has 0 amide bonds. The number of benzene rings is 1. The third kappa shape index (κ3) is 3.17. The Morgan fingerprint density at radius 2 is 1.80 bits per heavy atom. The number of sulfone groups is 1. The average molecular weight is 321 g/mol. The summed E-state index contributed by atoms with van der Waals surface area (Å²) in [6.45, 7) is 2.45. The molecule has 1 rings (SSSR count). The van der Waals surface area contributed by atoms with Crippen molar-refractivity contribution < 1.29 is 26.7 Å². The van der Waals surface area contributed by atoms with Gasteiger partial charge in [-0.2, -0.15) is 4.72 Å². The molecule has 0 fully saturated rings. The van der Waals surface area contributed by atoms with Crippen LogP contribution in [-0.2, 0) is 24.7 Å². The van der Waals surface area contributed by atoms with Gasteiger partial charge in [-0.05, 0) is 31.5 Å². The first-order valence-corrected chi connectivity index (χ1v) is 8.81. The standard InChI is InChI=1S/C11H15NO6S2/c1-8-5-4-6-9(7-8)20(17,18)12-11(2,10(13)14)19(3,15)16/h4-7,12H,1-3H3,(H,13,14). The first-order chi connectivity index (χ1) is 8.90. The van der Waals surface area contributed by atoms with Crippen molar-refractivity contribution in [1.29, 1.82) is 0 Å². The van der Waals surface area contributed by atoms with E-state index in [2.05, 4.69) is 0 Å². The minimum absolute atomic E-state index is 0.200. The predicted octanol–water partition coefficient (Wildman–Crippen LogP) is 0.119. The maximum atomic E-state index is 12.1. The van der Waals surface area contributed by atoms with Crippen LogP contribution in [0.25, 0.3) is 0 Å². The molecule has 20 heavy (non-hydrogen) atoms. The quantitative estimate of drug-likeness (QED) is 0.795.